The average molecular weight is 301 g/mol. The van der Waals surface area contributed by atoms with Gasteiger partial charge < -0.3 is 20.5 Å². The molecule has 1 aliphatic rings. The molecule has 0 aromatic heterocycles. The number of rotatable bonds is 4. The maximum atomic E-state index is 12.2. The van der Waals surface area contributed by atoms with Crippen LogP contribution in [0.1, 0.15) is 19.8 Å². The fraction of sp³-hybridized carbons (Fsp3) is 0.312. The lowest BCUT2D eigenvalue weighted by Gasteiger charge is -2.28. The molecular weight excluding hydrogens is 284 g/mol. The van der Waals surface area contributed by atoms with E-state index in [1.807, 2.05) is 6.08 Å². The fourth-order valence-electron chi connectivity index (χ4n) is 2.44. The summed E-state index contributed by atoms with van der Waals surface area (Å²) in [6, 6.07) is 6.62. The molecule has 0 spiro atoms. The molecule has 22 heavy (non-hydrogen) atoms. The molecule has 0 aliphatic heterocycles. The maximum Gasteiger partial charge on any atom is 0.228 e. The molecule has 0 fully saturated rings. The summed E-state index contributed by atoms with van der Waals surface area (Å²) in [5, 5.41) is 16.4. The Labute approximate surface area is 128 Å². The molecule has 0 radical (unpaired) electrons. The number of hydrogen-bond acceptors (Lipinski definition) is 4. The van der Waals surface area contributed by atoms with Crippen LogP contribution >= 0.6 is 0 Å². The molecule has 116 valence electrons. The summed E-state index contributed by atoms with van der Waals surface area (Å²) in [6.45, 7) is 1.41. The summed E-state index contributed by atoms with van der Waals surface area (Å²) in [5.74, 6) is -3.16. The van der Waals surface area contributed by atoms with Crippen LogP contribution in [-0.4, -0.2) is 17.8 Å². The zero-order valence-electron chi connectivity index (χ0n) is 12.2. The van der Waals surface area contributed by atoms with E-state index in [1.165, 1.54) is 6.92 Å². The van der Waals surface area contributed by atoms with E-state index in [0.29, 0.717) is 24.2 Å². The number of carboxylic acids is 1. The largest absolute Gasteiger partial charge is 0.550 e. The second-order valence-electron chi connectivity index (χ2n) is 5.22. The highest BCUT2D eigenvalue weighted by atomic mass is 16.4. The Hall–Kier alpha value is -2.63. The number of carboxylic acid groups (broad SMARTS) is 1. The second kappa shape index (κ2) is 6.89. The molecule has 2 amide bonds. The zero-order chi connectivity index (χ0) is 16.1. The quantitative estimate of drug-likeness (QED) is 0.808. The molecule has 2 rings (SSSR count). The summed E-state index contributed by atoms with van der Waals surface area (Å²) < 4.78 is 0. The van der Waals surface area contributed by atoms with Crippen molar-refractivity contribution in [2.24, 2.45) is 11.8 Å². The van der Waals surface area contributed by atoms with E-state index in [4.69, 9.17) is 0 Å². The van der Waals surface area contributed by atoms with Crippen LogP contribution < -0.4 is 15.7 Å². The highest BCUT2D eigenvalue weighted by Crippen LogP contribution is 2.26. The molecule has 0 saturated heterocycles. The third-order valence-corrected chi connectivity index (χ3v) is 3.54. The topological polar surface area (TPSA) is 98.3 Å². The number of nitrogens with one attached hydrogen (secondary N) is 2. The molecule has 6 heteroatoms. The van der Waals surface area contributed by atoms with Crippen LogP contribution in [0.5, 0.6) is 0 Å². The van der Waals surface area contributed by atoms with Crippen molar-refractivity contribution in [1.82, 2.24) is 0 Å². The lowest BCUT2D eigenvalue weighted by atomic mass is 9.82. The predicted octanol–water partition coefficient (Wildman–Crippen LogP) is 0.916. The number of aliphatic carboxylic acids is 1. The Bertz CT molecular complexity index is 607. The lowest BCUT2D eigenvalue weighted by molar-refractivity contribution is -0.313. The van der Waals surface area contributed by atoms with Crippen LogP contribution in [0.2, 0.25) is 0 Å². The number of hydrogen-bond donors (Lipinski definition) is 2. The third kappa shape index (κ3) is 3.94. The fourth-order valence-corrected chi connectivity index (χ4v) is 2.44. The maximum absolute atomic E-state index is 12.2. The Balaban J connectivity index is 2.03. The molecule has 6 nitrogen and oxygen atoms in total. The molecule has 0 saturated carbocycles. The van der Waals surface area contributed by atoms with Crippen LogP contribution in [0, 0.1) is 11.8 Å². The lowest BCUT2D eigenvalue weighted by Crippen LogP contribution is -2.41. The van der Waals surface area contributed by atoms with Crippen molar-refractivity contribution in [1.29, 1.82) is 0 Å². The van der Waals surface area contributed by atoms with Gasteiger partial charge in [0.15, 0.2) is 0 Å². The number of benzene rings is 1. The van der Waals surface area contributed by atoms with Gasteiger partial charge >= 0.3 is 0 Å². The van der Waals surface area contributed by atoms with Gasteiger partial charge in [-0.15, -0.1) is 0 Å². The smallest absolute Gasteiger partial charge is 0.228 e. The van der Waals surface area contributed by atoms with Crippen LogP contribution in [-0.2, 0) is 14.4 Å². The van der Waals surface area contributed by atoms with Crippen molar-refractivity contribution < 1.29 is 19.5 Å². The van der Waals surface area contributed by atoms with Crippen LogP contribution in [0.15, 0.2) is 36.4 Å². The average Bonchev–Trinajstić information content (AvgIpc) is 2.48. The van der Waals surface area contributed by atoms with Gasteiger partial charge in [-0.1, -0.05) is 12.2 Å². The van der Waals surface area contributed by atoms with Gasteiger partial charge in [0.25, 0.3) is 0 Å². The molecule has 2 atom stereocenters. The standard InChI is InChI=1S/C16H18N2O4/c1-10(19)17-11-6-8-12(9-7-11)18-15(20)13-4-2-3-5-14(13)16(21)22/h2-3,6-9,13-14H,4-5H2,1H3,(H,17,19)(H,18,20)(H,21,22)/p-1/t13-,14-/m1/s1. The first-order chi connectivity index (χ1) is 10.5. The van der Waals surface area contributed by atoms with Gasteiger partial charge in [0, 0.05) is 30.2 Å². The minimum Gasteiger partial charge on any atom is -0.550 e. The Morgan fingerprint density at radius 3 is 1.95 bits per heavy atom. The van der Waals surface area contributed by atoms with Crippen molar-refractivity contribution in [3.8, 4) is 0 Å². The molecule has 2 N–H and O–H groups in total. The highest BCUT2D eigenvalue weighted by Gasteiger charge is 2.29. The summed E-state index contributed by atoms with van der Waals surface area (Å²) in [5.41, 5.74) is 1.17. The first-order valence-electron chi connectivity index (χ1n) is 7.01. The van der Waals surface area contributed by atoms with Crippen molar-refractivity contribution in [3.05, 3.63) is 36.4 Å². The van der Waals surface area contributed by atoms with E-state index < -0.39 is 17.8 Å². The summed E-state index contributed by atoms with van der Waals surface area (Å²) in [7, 11) is 0. The number of anilines is 2. The number of carbonyl (C=O) groups excluding carboxylic acids is 3. The molecular formula is C16H17N2O4-. The minimum absolute atomic E-state index is 0.178. The molecule has 1 aromatic carbocycles. The molecule has 0 unspecified atom stereocenters. The van der Waals surface area contributed by atoms with E-state index in [2.05, 4.69) is 10.6 Å². The SMILES string of the molecule is CC(=O)Nc1ccc(NC(=O)[C@@H]2CC=CC[C@H]2C(=O)[O-])cc1. The van der Waals surface area contributed by atoms with Crippen LogP contribution in [0.4, 0.5) is 11.4 Å². The van der Waals surface area contributed by atoms with Gasteiger partial charge in [-0.2, -0.15) is 0 Å². The van der Waals surface area contributed by atoms with Crippen molar-refractivity contribution >= 4 is 29.2 Å². The van der Waals surface area contributed by atoms with Gasteiger partial charge in [0.1, 0.15) is 0 Å². The number of carbonyl (C=O) groups is 3. The van der Waals surface area contributed by atoms with E-state index in [1.54, 1.807) is 30.3 Å². The number of amides is 2. The molecule has 1 aliphatic carbocycles. The normalized spacial score (nSPS) is 20.2. The van der Waals surface area contributed by atoms with Crippen molar-refractivity contribution in [3.63, 3.8) is 0 Å². The predicted molar refractivity (Wildman–Crippen MR) is 79.7 cm³/mol. The zero-order valence-corrected chi connectivity index (χ0v) is 12.2. The van der Waals surface area contributed by atoms with Crippen LogP contribution in [0.25, 0.3) is 0 Å². The van der Waals surface area contributed by atoms with Gasteiger partial charge in [-0.3, -0.25) is 9.59 Å². The Kier molecular flexibility index (Phi) is 4.93. The second-order valence-corrected chi connectivity index (χ2v) is 5.22. The van der Waals surface area contributed by atoms with Crippen molar-refractivity contribution in [2.75, 3.05) is 10.6 Å². The van der Waals surface area contributed by atoms with Gasteiger partial charge in [-0.05, 0) is 37.1 Å². The summed E-state index contributed by atoms with van der Waals surface area (Å²) >= 11 is 0. The molecule has 0 bridgehead atoms. The van der Waals surface area contributed by atoms with Gasteiger partial charge in [0.05, 0.1) is 5.92 Å². The molecule has 0 heterocycles. The molecule has 1 aromatic rings. The van der Waals surface area contributed by atoms with E-state index in [0.717, 1.165) is 0 Å². The van der Waals surface area contributed by atoms with E-state index in [9.17, 15) is 19.5 Å². The van der Waals surface area contributed by atoms with E-state index in [-0.39, 0.29) is 11.8 Å². The van der Waals surface area contributed by atoms with Gasteiger partial charge in [-0.25, -0.2) is 0 Å². The van der Waals surface area contributed by atoms with Crippen LogP contribution in [0.3, 0.4) is 0 Å². The highest BCUT2D eigenvalue weighted by molar-refractivity contribution is 5.95. The first-order valence-corrected chi connectivity index (χ1v) is 7.01. The first kappa shape index (κ1) is 15.8. The third-order valence-electron chi connectivity index (χ3n) is 3.54. The van der Waals surface area contributed by atoms with Gasteiger partial charge in [0.2, 0.25) is 11.8 Å². The number of allylic oxidation sites excluding steroid dienone is 2. The van der Waals surface area contributed by atoms with E-state index >= 15 is 0 Å². The summed E-state index contributed by atoms with van der Waals surface area (Å²) in [4.78, 5) is 34.3. The summed E-state index contributed by atoms with van der Waals surface area (Å²) in [6.07, 6.45) is 4.26. The Morgan fingerprint density at radius 1 is 0.955 bits per heavy atom. The Morgan fingerprint density at radius 2 is 1.45 bits per heavy atom. The van der Waals surface area contributed by atoms with Crippen molar-refractivity contribution in [2.45, 2.75) is 19.8 Å². The minimum atomic E-state index is -1.20. The monoisotopic (exact) mass is 301 g/mol.